The van der Waals surface area contributed by atoms with E-state index in [1.165, 1.54) is 23.8 Å². The number of Topliss-reactive ketones (excluding diaryl/α,β-unsaturated/α-hetero) is 1. The van der Waals surface area contributed by atoms with E-state index in [4.69, 9.17) is 4.74 Å². The van der Waals surface area contributed by atoms with Crippen molar-refractivity contribution < 1.29 is 27.5 Å². The zero-order chi connectivity index (χ0) is 22.8. The fraction of sp³-hybridized carbons (Fsp3) is 0.381. The molecular formula is C21H25N3O6S. The van der Waals surface area contributed by atoms with Crippen LogP contribution in [0.25, 0.3) is 0 Å². The number of hydrogen-bond donors (Lipinski definition) is 1. The minimum absolute atomic E-state index is 0.0728. The molecule has 1 N–H and O–H groups in total. The smallest absolute Gasteiger partial charge is 0.354 e. The summed E-state index contributed by atoms with van der Waals surface area (Å²) < 4.78 is 34.0. The molecule has 0 aliphatic carbocycles. The number of aryl methyl sites for hydroxylation is 1. The minimum atomic E-state index is -4.01. The van der Waals surface area contributed by atoms with E-state index >= 15 is 0 Å². The van der Waals surface area contributed by atoms with Gasteiger partial charge in [0.2, 0.25) is 15.9 Å². The van der Waals surface area contributed by atoms with Crippen LogP contribution in [0.2, 0.25) is 0 Å². The fourth-order valence-corrected chi connectivity index (χ4v) is 5.28. The lowest BCUT2D eigenvalue weighted by molar-refractivity contribution is -0.119. The van der Waals surface area contributed by atoms with Crippen LogP contribution in [-0.4, -0.2) is 54.1 Å². The van der Waals surface area contributed by atoms with Crippen LogP contribution in [0.5, 0.6) is 0 Å². The zero-order valence-electron chi connectivity index (χ0n) is 17.6. The number of carbonyl (C=O) groups excluding carboxylic acids is 3. The van der Waals surface area contributed by atoms with Crippen molar-refractivity contribution in [2.45, 2.75) is 37.6 Å². The van der Waals surface area contributed by atoms with E-state index in [9.17, 15) is 22.8 Å². The zero-order valence-corrected chi connectivity index (χ0v) is 18.4. The highest BCUT2D eigenvalue weighted by atomic mass is 32.2. The summed E-state index contributed by atoms with van der Waals surface area (Å²) in [4.78, 5) is 36.4. The first-order valence-corrected chi connectivity index (χ1v) is 11.4. The maximum absolute atomic E-state index is 13.2. The van der Waals surface area contributed by atoms with E-state index in [-0.39, 0.29) is 29.5 Å². The lowest BCUT2D eigenvalue weighted by Crippen LogP contribution is -2.43. The van der Waals surface area contributed by atoms with E-state index in [0.717, 1.165) is 4.31 Å². The van der Waals surface area contributed by atoms with Crippen LogP contribution in [0, 0.1) is 0 Å². The summed E-state index contributed by atoms with van der Waals surface area (Å²) in [7, 11) is -2.45. The van der Waals surface area contributed by atoms with E-state index in [2.05, 4.69) is 5.32 Å². The van der Waals surface area contributed by atoms with E-state index in [0.29, 0.717) is 24.1 Å². The van der Waals surface area contributed by atoms with Crippen LogP contribution in [0.15, 0.2) is 41.4 Å². The Bertz CT molecular complexity index is 1120. The second-order valence-electron chi connectivity index (χ2n) is 7.29. The van der Waals surface area contributed by atoms with Crippen LogP contribution in [0.3, 0.4) is 0 Å². The summed E-state index contributed by atoms with van der Waals surface area (Å²) in [6.45, 7) is 3.46. The number of rotatable bonds is 7. The molecule has 10 heteroatoms. The summed E-state index contributed by atoms with van der Waals surface area (Å²) in [5, 5.41) is 2.71. The molecule has 1 fully saturated rings. The first kappa shape index (κ1) is 22.7. The topological polar surface area (TPSA) is 115 Å². The van der Waals surface area contributed by atoms with Gasteiger partial charge in [0.15, 0.2) is 5.78 Å². The van der Waals surface area contributed by atoms with Crippen molar-refractivity contribution >= 4 is 33.4 Å². The molecule has 1 unspecified atom stereocenters. The van der Waals surface area contributed by atoms with Crippen LogP contribution in [-0.2, 0) is 26.6 Å². The molecule has 1 aromatic heterocycles. The number of anilines is 1. The number of carbonyl (C=O) groups is 3. The predicted molar refractivity (Wildman–Crippen MR) is 113 cm³/mol. The molecule has 2 heterocycles. The normalized spacial score (nSPS) is 16.8. The van der Waals surface area contributed by atoms with Crippen LogP contribution in [0.1, 0.15) is 47.5 Å². The minimum Gasteiger partial charge on any atom is -0.461 e. The standard InChI is InChI=1S/C21H25N3O6S/c1-4-30-21(27)19-12-17(13-23(19)3)31(28,29)24-10-6-9-18(24)20(26)22-16-8-5-7-15(11-16)14(2)25/h5,7-8,11-13,18H,4,6,9-10H2,1-3H3,(H,22,26). The maximum Gasteiger partial charge on any atom is 0.354 e. The molecule has 3 rings (SSSR count). The largest absolute Gasteiger partial charge is 0.461 e. The number of hydrogen-bond acceptors (Lipinski definition) is 6. The van der Waals surface area contributed by atoms with Gasteiger partial charge in [-0.3, -0.25) is 9.59 Å². The number of nitrogens with one attached hydrogen (secondary N) is 1. The van der Waals surface area contributed by atoms with Crippen molar-refractivity contribution in [1.29, 1.82) is 0 Å². The maximum atomic E-state index is 13.2. The molecule has 166 valence electrons. The number of esters is 1. The third-order valence-corrected chi connectivity index (χ3v) is 6.99. The van der Waals surface area contributed by atoms with Gasteiger partial charge in [0.1, 0.15) is 16.6 Å². The van der Waals surface area contributed by atoms with Crippen molar-refractivity contribution in [2.75, 3.05) is 18.5 Å². The lowest BCUT2D eigenvalue weighted by Gasteiger charge is -2.23. The Kier molecular flexibility index (Phi) is 6.61. The van der Waals surface area contributed by atoms with E-state index in [1.807, 2.05) is 0 Å². The molecule has 1 aliphatic rings. The molecule has 1 aromatic carbocycles. The predicted octanol–water partition coefficient (Wildman–Crippen LogP) is 2.20. The summed E-state index contributed by atoms with van der Waals surface area (Å²) in [6, 6.07) is 6.85. The highest BCUT2D eigenvalue weighted by Crippen LogP contribution is 2.28. The van der Waals surface area contributed by atoms with Gasteiger partial charge in [-0.25, -0.2) is 13.2 Å². The number of ketones is 1. The van der Waals surface area contributed by atoms with E-state index < -0.39 is 27.9 Å². The Morgan fingerprint density at radius 1 is 1.23 bits per heavy atom. The summed E-state index contributed by atoms with van der Waals surface area (Å²) in [6.07, 6.45) is 2.24. The van der Waals surface area contributed by atoms with Gasteiger partial charge in [-0.2, -0.15) is 4.31 Å². The Balaban J connectivity index is 1.83. The van der Waals surface area contributed by atoms with Gasteiger partial charge in [-0.1, -0.05) is 12.1 Å². The van der Waals surface area contributed by atoms with Gasteiger partial charge in [0.25, 0.3) is 0 Å². The first-order chi connectivity index (χ1) is 14.6. The quantitative estimate of drug-likeness (QED) is 0.514. The second-order valence-corrected chi connectivity index (χ2v) is 9.18. The van der Waals surface area contributed by atoms with Crippen LogP contribution in [0.4, 0.5) is 5.69 Å². The average molecular weight is 448 g/mol. The second kappa shape index (κ2) is 9.03. The Hall–Kier alpha value is -2.98. The van der Waals surface area contributed by atoms with Gasteiger partial charge in [0.05, 0.1) is 6.61 Å². The molecule has 1 saturated heterocycles. The third kappa shape index (κ3) is 4.70. The van der Waals surface area contributed by atoms with Crippen molar-refractivity contribution in [3.63, 3.8) is 0 Å². The summed E-state index contributed by atoms with van der Waals surface area (Å²) in [5.74, 6) is -1.22. The number of nitrogens with zero attached hydrogens (tertiary/aromatic N) is 2. The van der Waals surface area contributed by atoms with E-state index in [1.54, 1.807) is 38.2 Å². The number of amides is 1. The summed E-state index contributed by atoms with van der Waals surface area (Å²) >= 11 is 0. The SMILES string of the molecule is CCOC(=O)c1cc(S(=O)(=O)N2CCCC2C(=O)Nc2cccc(C(C)=O)c2)cn1C. The summed E-state index contributed by atoms with van der Waals surface area (Å²) in [5.41, 5.74) is 0.984. The van der Waals surface area contributed by atoms with Crippen LogP contribution < -0.4 is 5.32 Å². The van der Waals surface area contributed by atoms with Gasteiger partial charge in [-0.15, -0.1) is 0 Å². The van der Waals surface area contributed by atoms with Gasteiger partial charge in [-0.05, 0) is 44.9 Å². The highest BCUT2D eigenvalue weighted by Gasteiger charge is 2.40. The van der Waals surface area contributed by atoms with Crippen LogP contribution >= 0.6 is 0 Å². The number of benzene rings is 1. The molecule has 2 aromatic rings. The average Bonchev–Trinajstić information content (AvgIpc) is 3.36. The molecule has 0 bridgehead atoms. The number of ether oxygens (including phenoxy) is 1. The van der Waals surface area contributed by atoms with Crippen molar-refractivity contribution in [3.8, 4) is 0 Å². The molecule has 9 nitrogen and oxygen atoms in total. The van der Waals surface area contributed by atoms with Gasteiger partial charge >= 0.3 is 5.97 Å². The first-order valence-electron chi connectivity index (χ1n) is 9.92. The third-order valence-electron chi connectivity index (χ3n) is 5.11. The van der Waals surface area contributed by atoms with Crippen molar-refractivity contribution in [1.82, 2.24) is 8.87 Å². The molecule has 0 spiro atoms. The van der Waals surface area contributed by atoms with Crippen molar-refractivity contribution in [3.05, 3.63) is 47.8 Å². The fourth-order valence-electron chi connectivity index (χ4n) is 3.55. The highest BCUT2D eigenvalue weighted by molar-refractivity contribution is 7.89. The Morgan fingerprint density at radius 3 is 2.65 bits per heavy atom. The van der Waals surface area contributed by atoms with Gasteiger partial charge < -0.3 is 14.6 Å². The molecule has 1 aliphatic heterocycles. The molecule has 31 heavy (non-hydrogen) atoms. The van der Waals surface area contributed by atoms with Gasteiger partial charge in [0, 0.05) is 31.0 Å². The molecular weight excluding hydrogens is 422 g/mol. The molecule has 0 radical (unpaired) electrons. The van der Waals surface area contributed by atoms with Crippen molar-refractivity contribution in [2.24, 2.45) is 7.05 Å². The Labute approximate surface area is 181 Å². The Morgan fingerprint density at radius 2 is 1.97 bits per heavy atom. The molecule has 1 amide bonds. The lowest BCUT2D eigenvalue weighted by atomic mass is 10.1. The monoisotopic (exact) mass is 447 g/mol. The number of sulfonamides is 1. The molecule has 1 atom stereocenters. The number of aromatic nitrogens is 1. The molecule has 0 saturated carbocycles.